The first-order chi connectivity index (χ1) is 8.87. The van der Waals surface area contributed by atoms with Gasteiger partial charge in [-0.15, -0.1) is 0 Å². The van der Waals surface area contributed by atoms with Crippen LogP contribution in [0.3, 0.4) is 0 Å². The zero-order valence-electron chi connectivity index (χ0n) is 11.7. The molecule has 0 saturated carbocycles. The van der Waals surface area contributed by atoms with Gasteiger partial charge in [0.15, 0.2) is 0 Å². The van der Waals surface area contributed by atoms with Crippen molar-refractivity contribution in [3.05, 3.63) is 12.4 Å². The number of rotatable bonds is 7. The van der Waals surface area contributed by atoms with E-state index < -0.39 is 5.97 Å². The Balaban J connectivity index is 2.41. The molecule has 6 nitrogen and oxygen atoms in total. The van der Waals surface area contributed by atoms with E-state index in [-0.39, 0.29) is 11.8 Å². The third-order valence-electron chi connectivity index (χ3n) is 2.49. The van der Waals surface area contributed by atoms with Crippen LogP contribution < -0.4 is 10.6 Å². The predicted molar refractivity (Wildman–Crippen MR) is 75.3 cm³/mol. The van der Waals surface area contributed by atoms with Crippen molar-refractivity contribution in [1.29, 1.82) is 0 Å². The maximum Gasteiger partial charge on any atom is 0.305 e. The number of anilines is 2. The molecule has 0 saturated heterocycles. The molecule has 0 atom stereocenters. The topological polar surface area (TPSA) is 87.1 Å². The summed E-state index contributed by atoms with van der Waals surface area (Å²) < 4.78 is 0. The van der Waals surface area contributed by atoms with E-state index in [1.54, 1.807) is 6.07 Å². The summed E-state index contributed by atoms with van der Waals surface area (Å²) in [4.78, 5) is 18.6. The summed E-state index contributed by atoms with van der Waals surface area (Å²) in [7, 11) is 0. The number of aromatic nitrogens is 2. The van der Waals surface area contributed by atoms with Gasteiger partial charge in [-0.1, -0.05) is 20.8 Å². The first kappa shape index (κ1) is 15.2. The van der Waals surface area contributed by atoms with Gasteiger partial charge in [-0.2, -0.15) is 0 Å². The summed E-state index contributed by atoms with van der Waals surface area (Å²) in [5.41, 5.74) is 0.280. The monoisotopic (exact) mass is 266 g/mol. The van der Waals surface area contributed by atoms with Crippen LogP contribution in [0.25, 0.3) is 0 Å². The fourth-order valence-electron chi connectivity index (χ4n) is 1.41. The van der Waals surface area contributed by atoms with Crippen LogP contribution in [-0.2, 0) is 4.79 Å². The molecule has 106 valence electrons. The Morgan fingerprint density at radius 3 is 2.32 bits per heavy atom. The van der Waals surface area contributed by atoms with Crippen molar-refractivity contribution in [3.8, 4) is 0 Å². The molecule has 19 heavy (non-hydrogen) atoms. The highest BCUT2D eigenvalue weighted by molar-refractivity contribution is 5.67. The van der Waals surface area contributed by atoms with Crippen LogP contribution in [0.5, 0.6) is 0 Å². The van der Waals surface area contributed by atoms with Crippen molar-refractivity contribution >= 4 is 17.6 Å². The second kappa shape index (κ2) is 6.92. The number of nitrogens with zero attached hydrogens (tertiary/aromatic N) is 2. The van der Waals surface area contributed by atoms with E-state index in [0.29, 0.717) is 12.4 Å². The molecule has 0 aliphatic rings. The molecule has 1 heterocycles. The van der Waals surface area contributed by atoms with Crippen LogP contribution in [0.1, 0.15) is 33.6 Å². The summed E-state index contributed by atoms with van der Waals surface area (Å²) >= 11 is 0. The van der Waals surface area contributed by atoms with Gasteiger partial charge in [0.25, 0.3) is 0 Å². The third kappa shape index (κ3) is 7.23. The number of carbonyl (C=O) groups is 1. The highest BCUT2D eigenvalue weighted by atomic mass is 16.4. The molecule has 3 N–H and O–H groups in total. The lowest BCUT2D eigenvalue weighted by atomic mass is 9.92. The second-order valence-electron chi connectivity index (χ2n) is 5.60. The van der Waals surface area contributed by atoms with Crippen molar-refractivity contribution < 1.29 is 9.90 Å². The quantitative estimate of drug-likeness (QED) is 0.701. The Bertz CT molecular complexity index is 415. The van der Waals surface area contributed by atoms with E-state index in [2.05, 4.69) is 41.4 Å². The number of aliphatic carboxylic acids is 1. The Kier molecular flexibility index (Phi) is 5.54. The molecule has 0 bridgehead atoms. The van der Waals surface area contributed by atoms with Crippen LogP contribution in [0, 0.1) is 5.41 Å². The highest BCUT2D eigenvalue weighted by Crippen LogP contribution is 2.18. The van der Waals surface area contributed by atoms with Crippen molar-refractivity contribution in [2.45, 2.75) is 33.6 Å². The molecule has 0 amide bonds. The molecule has 0 radical (unpaired) electrons. The number of nitrogens with one attached hydrogen (secondary N) is 2. The van der Waals surface area contributed by atoms with Crippen LogP contribution in [-0.4, -0.2) is 34.1 Å². The minimum Gasteiger partial charge on any atom is -0.481 e. The van der Waals surface area contributed by atoms with Crippen LogP contribution in [0.15, 0.2) is 12.4 Å². The fourth-order valence-corrected chi connectivity index (χ4v) is 1.41. The maximum absolute atomic E-state index is 10.4. The van der Waals surface area contributed by atoms with E-state index in [0.717, 1.165) is 18.8 Å². The minimum atomic E-state index is -0.829. The molecule has 6 heteroatoms. The summed E-state index contributed by atoms with van der Waals surface area (Å²) in [6, 6.07) is 1.78. The Hall–Kier alpha value is -1.85. The maximum atomic E-state index is 10.4. The average molecular weight is 266 g/mol. The molecule has 1 aromatic heterocycles. The lowest BCUT2D eigenvalue weighted by molar-refractivity contribution is -0.136. The number of carboxylic acid groups (broad SMARTS) is 1. The Morgan fingerprint density at radius 1 is 1.21 bits per heavy atom. The van der Waals surface area contributed by atoms with Crippen LogP contribution in [0.2, 0.25) is 0 Å². The largest absolute Gasteiger partial charge is 0.481 e. The highest BCUT2D eigenvalue weighted by Gasteiger charge is 2.09. The van der Waals surface area contributed by atoms with Gasteiger partial charge in [0.1, 0.15) is 18.0 Å². The SMILES string of the molecule is CC(C)(C)CCNc1cc(NCCC(=O)O)ncn1. The first-order valence-electron chi connectivity index (χ1n) is 6.38. The molecular weight excluding hydrogens is 244 g/mol. The van der Waals surface area contributed by atoms with Gasteiger partial charge < -0.3 is 15.7 Å². The lowest BCUT2D eigenvalue weighted by Gasteiger charge is -2.18. The molecule has 0 aromatic carbocycles. The Labute approximate surface area is 113 Å². The number of carboxylic acids is 1. The lowest BCUT2D eigenvalue weighted by Crippen LogP contribution is -2.14. The normalized spacial score (nSPS) is 11.1. The molecule has 0 fully saturated rings. The number of hydrogen-bond donors (Lipinski definition) is 3. The van der Waals surface area contributed by atoms with Gasteiger partial charge in [0, 0.05) is 19.2 Å². The fraction of sp³-hybridized carbons (Fsp3) is 0.615. The van der Waals surface area contributed by atoms with Gasteiger partial charge >= 0.3 is 5.97 Å². The van der Waals surface area contributed by atoms with E-state index >= 15 is 0 Å². The van der Waals surface area contributed by atoms with Crippen LogP contribution in [0.4, 0.5) is 11.6 Å². The summed E-state index contributed by atoms with van der Waals surface area (Å²) in [6.07, 6.45) is 2.57. The smallest absolute Gasteiger partial charge is 0.305 e. The Morgan fingerprint density at radius 2 is 1.79 bits per heavy atom. The van der Waals surface area contributed by atoms with Crippen molar-refractivity contribution in [3.63, 3.8) is 0 Å². The van der Waals surface area contributed by atoms with Crippen molar-refractivity contribution in [2.75, 3.05) is 23.7 Å². The average Bonchev–Trinajstić information content (AvgIpc) is 2.27. The van der Waals surface area contributed by atoms with Gasteiger partial charge in [-0.05, 0) is 11.8 Å². The zero-order valence-corrected chi connectivity index (χ0v) is 11.7. The second-order valence-corrected chi connectivity index (χ2v) is 5.60. The van der Waals surface area contributed by atoms with Gasteiger partial charge in [-0.3, -0.25) is 4.79 Å². The summed E-state index contributed by atoms with van der Waals surface area (Å²) in [5.74, 6) is 0.552. The molecule has 0 spiro atoms. The molecule has 0 aliphatic carbocycles. The number of hydrogen-bond acceptors (Lipinski definition) is 5. The third-order valence-corrected chi connectivity index (χ3v) is 2.49. The minimum absolute atomic E-state index is 0.0663. The first-order valence-corrected chi connectivity index (χ1v) is 6.38. The summed E-state index contributed by atoms with van der Waals surface area (Å²) in [6.45, 7) is 7.76. The molecule has 0 aliphatic heterocycles. The molecule has 1 rings (SSSR count). The molecular formula is C13H22N4O2. The van der Waals surface area contributed by atoms with E-state index in [1.165, 1.54) is 6.33 Å². The van der Waals surface area contributed by atoms with E-state index in [4.69, 9.17) is 5.11 Å². The van der Waals surface area contributed by atoms with Crippen molar-refractivity contribution in [2.24, 2.45) is 5.41 Å². The van der Waals surface area contributed by atoms with Gasteiger partial charge in [0.2, 0.25) is 0 Å². The predicted octanol–water partition coefficient (Wildman–Crippen LogP) is 2.21. The standard InChI is InChI=1S/C13H22N4O2/c1-13(2,3)5-7-15-11-8-10(16-9-17-11)14-6-4-12(18)19/h8-9H,4-7H2,1-3H3,(H,18,19)(H2,14,15,16,17). The van der Waals surface area contributed by atoms with E-state index in [9.17, 15) is 4.79 Å². The molecule has 1 aromatic rings. The molecule has 0 unspecified atom stereocenters. The zero-order chi connectivity index (χ0) is 14.3. The van der Waals surface area contributed by atoms with Crippen molar-refractivity contribution in [1.82, 2.24) is 9.97 Å². The summed E-state index contributed by atoms with van der Waals surface area (Å²) in [5, 5.41) is 14.7. The van der Waals surface area contributed by atoms with Gasteiger partial charge in [-0.25, -0.2) is 9.97 Å². The van der Waals surface area contributed by atoms with E-state index in [1.807, 2.05) is 0 Å². The van der Waals surface area contributed by atoms with Gasteiger partial charge in [0.05, 0.1) is 6.42 Å². The van der Waals surface area contributed by atoms with Crippen LogP contribution >= 0.6 is 0 Å².